The summed E-state index contributed by atoms with van der Waals surface area (Å²) in [7, 11) is 3.66. The molecule has 0 aliphatic carbocycles. The number of fused-ring (bicyclic) bond motifs is 1. The van der Waals surface area contributed by atoms with Crippen LogP contribution in [0.5, 0.6) is 0 Å². The van der Waals surface area contributed by atoms with Gasteiger partial charge in [-0.25, -0.2) is 4.39 Å². The monoisotopic (exact) mass is 411 g/mol. The van der Waals surface area contributed by atoms with Gasteiger partial charge in [-0.15, -0.1) is 0 Å². The molecule has 0 saturated carbocycles. The molecule has 1 unspecified atom stereocenters. The van der Waals surface area contributed by atoms with Crippen molar-refractivity contribution in [1.82, 2.24) is 24.9 Å². The molecule has 1 aromatic carbocycles. The van der Waals surface area contributed by atoms with Gasteiger partial charge in [0.1, 0.15) is 12.0 Å². The van der Waals surface area contributed by atoms with Gasteiger partial charge in [0.15, 0.2) is 5.65 Å². The molecule has 1 fully saturated rings. The lowest BCUT2D eigenvalue weighted by molar-refractivity contribution is -0.117. The summed E-state index contributed by atoms with van der Waals surface area (Å²) in [6.07, 6.45) is 3.23. The number of aliphatic hydroxyl groups excluding tert-OH is 1. The predicted octanol–water partition coefficient (Wildman–Crippen LogP) is 1.21. The molecule has 1 atom stereocenters. The van der Waals surface area contributed by atoms with E-state index < -0.39 is 6.23 Å². The van der Waals surface area contributed by atoms with Crippen molar-refractivity contribution in [2.24, 2.45) is 0 Å². The fourth-order valence-electron chi connectivity index (χ4n) is 3.22. The van der Waals surface area contributed by atoms with Crippen LogP contribution in [-0.2, 0) is 11.2 Å². The van der Waals surface area contributed by atoms with Gasteiger partial charge in [0.2, 0.25) is 17.8 Å². The molecule has 0 radical (unpaired) electrons. The van der Waals surface area contributed by atoms with E-state index in [0.29, 0.717) is 41.6 Å². The van der Waals surface area contributed by atoms with E-state index in [1.54, 1.807) is 27.8 Å². The first kappa shape index (κ1) is 19.8. The first-order valence-corrected chi connectivity index (χ1v) is 9.51. The van der Waals surface area contributed by atoms with Gasteiger partial charge in [-0.05, 0) is 30.2 Å². The molecule has 1 aliphatic rings. The van der Waals surface area contributed by atoms with E-state index in [0.717, 1.165) is 5.56 Å². The highest BCUT2D eigenvalue weighted by atomic mass is 19.1. The third kappa shape index (κ3) is 4.08. The maximum atomic E-state index is 13.4. The zero-order valence-corrected chi connectivity index (χ0v) is 16.6. The number of carbonyl (C=O) groups is 1. The minimum atomic E-state index is -0.877. The third-order valence-electron chi connectivity index (χ3n) is 4.70. The lowest BCUT2D eigenvalue weighted by Crippen LogP contribution is -2.24. The van der Waals surface area contributed by atoms with Gasteiger partial charge in [-0.2, -0.15) is 19.6 Å². The lowest BCUT2D eigenvalue weighted by Gasteiger charge is -2.14. The molecule has 3 N–H and O–H groups in total. The van der Waals surface area contributed by atoms with Crippen LogP contribution < -0.4 is 15.5 Å². The van der Waals surface area contributed by atoms with Gasteiger partial charge in [-0.3, -0.25) is 4.79 Å². The number of hydrogen-bond acceptors (Lipinski definition) is 7. The van der Waals surface area contributed by atoms with Crippen LogP contribution in [0.15, 0.2) is 36.0 Å². The summed E-state index contributed by atoms with van der Waals surface area (Å²) in [6, 6.07) is 6.46. The van der Waals surface area contributed by atoms with Crippen LogP contribution in [0.4, 0.5) is 16.3 Å². The molecule has 1 aliphatic heterocycles. The van der Waals surface area contributed by atoms with Crippen molar-refractivity contribution in [1.29, 1.82) is 0 Å². The SMILES string of the molecule is CN(C)c1nc(NCCc2cccc(F)c2)n2ncc(/C=C3\CC(O)NC3=O)c2n1. The normalized spacial score (nSPS) is 17.5. The van der Waals surface area contributed by atoms with Gasteiger partial charge in [0.25, 0.3) is 0 Å². The Kier molecular flexibility index (Phi) is 5.32. The van der Waals surface area contributed by atoms with Gasteiger partial charge in [-0.1, -0.05) is 12.1 Å². The highest BCUT2D eigenvalue weighted by molar-refractivity contribution is 6.00. The molecular weight excluding hydrogens is 389 g/mol. The second kappa shape index (κ2) is 8.07. The molecule has 30 heavy (non-hydrogen) atoms. The number of benzene rings is 1. The van der Waals surface area contributed by atoms with Crippen LogP contribution in [-0.4, -0.2) is 57.5 Å². The van der Waals surface area contributed by atoms with Gasteiger partial charge < -0.3 is 20.6 Å². The van der Waals surface area contributed by atoms with E-state index >= 15 is 0 Å². The Morgan fingerprint density at radius 3 is 2.93 bits per heavy atom. The van der Waals surface area contributed by atoms with Crippen molar-refractivity contribution in [2.75, 3.05) is 30.9 Å². The summed E-state index contributed by atoms with van der Waals surface area (Å²) in [5, 5.41) is 19.7. The van der Waals surface area contributed by atoms with Crippen molar-refractivity contribution < 1.29 is 14.3 Å². The van der Waals surface area contributed by atoms with Crippen molar-refractivity contribution in [3.63, 3.8) is 0 Å². The minimum absolute atomic E-state index is 0.223. The van der Waals surface area contributed by atoms with Crippen molar-refractivity contribution >= 4 is 29.5 Å². The number of aliphatic hydroxyl groups is 1. The fraction of sp³-hybridized carbons (Fsp3) is 0.300. The number of carbonyl (C=O) groups excluding carboxylic acids is 1. The summed E-state index contributed by atoms with van der Waals surface area (Å²) in [6.45, 7) is 0.521. The topological polar surface area (TPSA) is 108 Å². The highest BCUT2D eigenvalue weighted by Gasteiger charge is 2.25. The molecule has 4 rings (SSSR count). The molecular formula is C20H22FN7O2. The van der Waals surface area contributed by atoms with Crippen LogP contribution in [0.2, 0.25) is 0 Å². The standard InChI is InChI=1S/C20H22FN7O2/c1-27(2)20-25-17-14(9-13-10-16(29)24-18(13)30)11-23-28(17)19(26-20)22-7-6-12-4-3-5-15(21)8-12/h3-5,8-9,11,16,29H,6-7,10H2,1-2H3,(H,24,30)(H,22,25,26)/b13-9+. The van der Waals surface area contributed by atoms with Gasteiger partial charge >= 0.3 is 0 Å². The Hall–Kier alpha value is -3.53. The minimum Gasteiger partial charge on any atom is -0.373 e. The van der Waals surface area contributed by atoms with E-state index in [4.69, 9.17) is 0 Å². The van der Waals surface area contributed by atoms with E-state index in [9.17, 15) is 14.3 Å². The average molecular weight is 411 g/mol. The summed E-state index contributed by atoms with van der Waals surface area (Å²) >= 11 is 0. The second-order valence-corrected chi connectivity index (χ2v) is 7.25. The van der Waals surface area contributed by atoms with Crippen molar-refractivity contribution in [3.05, 3.63) is 53.0 Å². The summed E-state index contributed by atoms with van der Waals surface area (Å²) in [4.78, 5) is 22.8. The summed E-state index contributed by atoms with van der Waals surface area (Å²) in [5.74, 6) is 0.391. The first-order chi connectivity index (χ1) is 14.4. The maximum Gasteiger partial charge on any atom is 0.249 e. The number of rotatable bonds is 6. The number of nitrogens with one attached hydrogen (secondary N) is 2. The Morgan fingerprint density at radius 1 is 1.40 bits per heavy atom. The molecule has 156 valence electrons. The second-order valence-electron chi connectivity index (χ2n) is 7.25. The number of halogens is 1. The molecule has 2 aromatic heterocycles. The smallest absolute Gasteiger partial charge is 0.249 e. The lowest BCUT2D eigenvalue weighted by atomic mass is 10.1. The molecule has 3 heterocycles. The fourth-order valence-corrected chi connectivity index (χ4v) is 3.22. The Labute approximate surface area is 172 Å². The zero-order chi connectivity index (χ0) is 21.3. The Bertz CT molecular complexity index is 1130. The predicted molar refractivity (Wildman–Crippen MR) is 110 cm³/mol. The number of nitrogens with zero attached hydrogens (tertiary/aromatic N) is 5. The average Bonchev–Trinajstić information content (AvgIpc) is 3.24. The first-order valence-electron chi connectivity index (χ1n) is 9.51. The maximum absolute atomic E-state index is 13.4. The van der Waals surface area contributed by atoms with Crippen LogP contribution in [0.1, 0.15) is 17.5 Å². The number of hydrogen-bond donors (Lipinski definition) is 3. The molecule has 3 aromatic rings. The number of amides is 1. The summed E-state index contributed by atoms with van der Waals surface area (Å²) in [5.41, 5.74) is 2.51. The molecule has 1 amide bonds. The molecule has 0 bridgehead atoms. The van der Waals surface area contributed by atoms with Crippen LogP contribution in [0.25, 0.3) is 11.7 Å². The van der Waals surface area contributed by atoms with Crippen LogP contribution in [0.3, 0.4) is 0 Å². The van der Waals surface area contributed by atoms with E-state index in [2.05, 4.69) is 25.7 Å². The zero-order valence-electron chi connectivity index (χ0n) is 16.6. The number of anilines is 2. The number of aromatic nitrogens is 4. The van der Waals surface area contributed by atoms with Crippen molar-refractivity contribution in [2.45, 2.75) is 19.1 Å². The highest BCUT2D eigenvalue weighted by Crippen LogP contribution is 2.22. The molecule has 9 nitrogen and oxygen atoms in total. The van der Waals surface area contributed by atoms with Gasteiger partial charge in [0, 0.05) is 38.2 Å². The third-order valence-corrected chi connectivity index (χ3v) is 4.70. The van der Waals surface area contributed by atoms with Crippen LogP contribution >= 0.6 is 0 Å². The Morgan fingerprint density at radius 2 is 2.23 bits per heavy atom. The quantitative estimate of drug-likeness (QED) is 0.523. The van der Waals surface area contributed by atoms with E-state index in [1.165, 1.54) is 12.1 Å². The largest absolute Gasteiger partial charge is 0.373 e. The Balaban J connectivity index is 1.63. The van der Waals surface area contributed by atoms with Crippen molar-refractivity contribution in [3.8, 4) is 0 Å². The van der Waals surface area contributed by atoms with E-state index in [1.807, 2.05) is 20.2 Å². The van der Waals surface area contributed by atoms with E-state index in [-0.39, 0.29) is 18.1 Å². The summed E-state index contributed by atoms with van der Waals surface area (Å²) < 4.78 is 14.9. The van der Waals surface area contributed by atoms with Crippen LogP contribution in [0, 0.1) is 5.82 Å². The molecule has 10 heteroatoms. The van der Waals surface area contributed by atoms with Gasteiger partial charge in [0.05, 0.1) is 6.20 Å². The molecule has 1 saturated heterocycles. The molecule has 0 spiro atoms.